The predicted molar refractivity (Wildman–Crippen MR) is 114 cm³/mol. The first kappa shape index (κ1) is 21.0. The lowest BCUT2D eigenvalue weighted by Crippen LogP contribution is -2.49. The molecule has 11 nitrogen and oxygen atoms in total. The van der Waals surface area contributed by atoms with Crippen LogP contribution in [0.5, 0.6) is 0 Å². The number of aryl methyl sites for hydroxylation is 1. The van der Waals surface area contributed by atoms with Gasteiger partial charge in [0.15, 0.2) is 17.3 Å². The quantitative estimate of drug-likeness (QED) is 0.664. The van der Waals surface area contributed by atoms with Crippen molar-refractivity contribution in [1.29, 1.82) is 0 Å². The van der Waals surface area contributed by atoms with Crippen LogP contribution in [0.4, 0.5) is 10.6 Å². The molecule has 1 aliphatic rings. The highest BCUT2D eigenvalue weighted by Crippen LogP contribution is 2.28. The summed E-state index contributed by atoms with van der Waals surface area (Å²) in [4.78, 5) is 25.4. The third-order valence-electron chi connectivity index (χ3n) is 5.19. The van der Waals surface area contributed by atoms with Crippen LogP contribution >= 0.6 is 0 Å². The molecule has 0 radical (unpaired) electrons. The van der Waals surface area contributed by atoms with Crippen LogP contribution in [0.1, 0.15) is 33.3 Å². The molecular formula is C20H28N8O3. The molecule has 0 atom stereocenters. The number of amides is 1. The molecule has 4 heterocycles. The summed E-state index contributed by atoms with van der Waals surface area (Å²) in [6, 6.07) is 0. The first-order chi connectivity index (χ1) is 14.8. The minimum absolute atomic E-state index is 0.206. The van der Waals surface area contributed by atoms with E-state index in [1.165, 1.54) is 0 Å². The molecule has 0 unspecified atom stereocenters. The Labute approximate surface area is 180 Å². The van der Waals surface area contributed by atoms with E-state index in [9.17, 15) is 4.79 Å². The van der Waals surface area contributed by atoms with Gasteiger partial charge in [-0.1, -0.05) is 0 Å². The minimum Gasteiger partial charge on any atom is -0.444 e. The summed E-state index contributed by atoms with van der Waals surface area (Å²) >= 11 is 0. The molecule has 4 rings (SSSR count). The molecular weight excluding hydrogens is 400 g/mol. The number of rotatable bonds is 4. The number of nitrogens with zero attached hydrogens (tertiary/aromatic N) is 7. The van der Waals surface area contributed by atoms with E-state index >= 15 is 0 Å². The van der Waals surface area contributed by atoms with Gasteiger partial charge < -0.3 is 19.9 Å². The third-order valence-corrected chi connectivity index (χ3v) is 5.19. The molecule has 3 aromatic rings. The molecule has 1 fully saturated rings. The maximum absolute atomic E-state index is 12.3. The first-order valence-corrected chi connectivity index (χ1v) is 10.4. The molecule has 0 spiro atoms. The average molecular weight is 428 g/mol. The molecule has 11 heteroatoms. The van der Waals surface area contributed by atoms with E-state index in [-0.39, 0.29) is 11.9 Å². The van der Waals surface area contributed by atoms with Crippen molar-refractivity contribution in [2.24, 2.45) is 0 Å². The fourth-order valence-electron chi connectivity index (χ4n) is 3.77. The number of carbonyl (C=O) groups is 1. The molecule has 3 aromatic heterocycles. The summed E-state index contributed by atoms with van der Waals surface area (Å²) in [6.45, 7) is 11.8. The van der Waals surface area contributed by atoms with Crippen LogP contribution in [0.15, 0.2) is 17.0 Å². The van der Waals surface area contributed by atoms with Crippen LogP contribution in [0, 0.1) is 0 Å². The monoisotopic (exact) mass is 428 g/mol. The Balaban J connectivity index is 1.53. The topological polar surface area (TPSA) is 128 Å². The number of aromatic nitrogens is 5. The number of ether oxygens (including phenoxy) is 1. The van der Waals surface area contributed by atoms with E-state index in [4.69, 9.17) is 15.1 Å². The summed E-state index contributed by atoms with van der Waals surface area (Å²) in [6.07, 6.45) is 3.34. The summed E-state index contributed by atoms with van der Waals surface area (Å²) in [5, 5.41) is 7.58. The van der Waals surface area contributed by atoms with Gasteiger partial charge in [0, 0.05) is 51.0 Å². The highest BCUT2D eigenvalue weighted by Gasteiger charge is 2.27. The summed E-state index contributed by atoms with van der Waals surface area (Å²) in [5.74, 6) is 0.818. The second-order valence-corrected chi connectivity index (χ2v) is 8.59. The number of anilines is 1. The van der Waals surface area contributed by atoms with E-state index in [0.29, 0.717) is 37.7 Å². The summed E-state index contributed by atoms with van der Waals surface area (Å²) in [5.41, 5.74) is 8.64. The largest absolute Gasteiger partial charge is 0.444 e. The Morgan fingerprint density at radius 1 is 1.19 bits per heavy atom. The van der Waals surface area contributed by atoms with Crippen LogP contribution < -0.4 is 5.73 Å². The zero-order valence-corrected chi connectivity index (χ0v) is 18.3. The lowest BCUT2D eigenvalue weighted by Gasteiger charge is -2.35. The van der Waals surface area contributed by atoms with Gasteiger partial charge in [-0.15, -0.1) is 0 Å². The fraction of sp³-hybridized carbons (Fsp3) is 0.550. The molecule has 1 aliphatic heterocycles. The number of nitrogens with two attached hydrogens (primary N) is 1. The van der Waals surface area contributed by atoms with Crippen molar-refractivity contribution < 1.29 is 14.2 Å². The second-order valence-electron chi connectivity index (χ2n) is 8.59. The molecule has 0 saturated carbocycles. The van der Waals surface area contributed by atoms with Gasteiger partial charge in [0.05, 0.1) is 11.7 Å². The lowest BCUT2D eigenvalue weighted by molar-refractivity contribution is 0.0139. The molecule has 166 valence electrons. The zero-order chi connectivity index (χ0) is 22.2. The van der Waals surface area contributed by atoms with Gasteiger partial charge in [-0.2, -0.15) is 0 Å². The highest BCUT2D eigenvalue weighted by atomic mass is 16.6. The Bertz CT molecular complexity index is 1080. The molecule has 1 saturated heterocycles. The van der Waals surface area contributed by atoms with Crippen LogP contribution in [-0.4, -0.2) is 72.5 Å². The standard InChI is InChI=1S/C20H28N8O3/c1-5-28-16-13(10-22-11-14(16)23-18(28)15-17(21)25-31-24-15)12-26-6-8-27(9-7-26)19(29)30-20(2,3)4/h10-11H,5-9,12H2,1-4H3,(H2,21,25). The maximum atomic E-state index is 12.3. The zero-order valence-electron chi connectivity index (χ0n) is 18.3. The van der Waals surface area contributed by atoms with Gasteiger partial charge in [0.25, 0.3) is 0 Å². The van der Waals surface area contributed by atoms with E-state index in [0.717, 1.165) is 29.7 Å². The van der Waals surface area contributed by atoms with Gasteiger partial charge in [-0.25, -0.2) is 14.4 Å². The number of piperazine rings is 1. The Kier molecular flexibility index (Phi) is 5.52. The number of carbonyl (C=O) groups excluding carboxylic acids is 1. The van der Waals surface area contributed by atoms with Crippen LogP contribution in [0.3, 0.4) is 0 Å². The van der Waals surface area contributed by atoms with Crippen molar-refractivity contribution in [2.75, 3.05) is 31.9 Å². The molecule has 31 heavy (non-hydrogen) atoms. The van der Waals surface area contributed by atoms with E-state index in [2.05, 4.69) is 29.7 Å². The number of nitrogen functional groups attached to an aromatic ring is 1. The Morgan fingerprint density at radius 3 is 2.55 bits per heavy atom. The molecule has 1 amide bonds. The number of hydrogen-bond acceptors (Lipinski definition) is 9. The Hall–Kier alpha value is -3.21. The minimum atomic E-state index is -0.492. The van der Waals surface area contributed by atoms with Crippen LogP contribution in [-0.2, 0) is 17.8 Å². The van der Waals surface area contributed by atoms with E-state index in [1.807, 2.05) is 33.9 Å². The molecule has 0 aromatic carbocycles. The van der Waals surface area contributed by atoms with Crippen molar-refractivity contribution >= 4 is 22.9 Å². The normalized spacial score (nSPS) is 15.5. The molecule has 2 N–H and O–H groups in total. The van der Waals surface area contributed by atoms with Crippen molar-refractivity contribution in [3.8, 4) is 11.5 Å². The van der Waals surface area contributed by atoms with Gasteiger partial charge in [-0.3, -0.25) is 9.88 Å². The lowest BCUT2D eigenvalue weighted by atomic mass is 10.2. The van der Waals surface area contributed by atoms with E-state index < -0.39 is 5.60 Å². The van der Waals surface area contributed by atoms with Gasteiger partial charge in [0.2, 0.25) is 0 Å². The Morgan fingerprint density at radius 2 is 1.94 bits per heavy atom. The van der Waals surface area contributed by atoms with Crippen LogP contribution in [0.2, 0.25) is 0 Å². The van der Waals surface area contributed by atoms with E-state index in [1.54, 1.807) is 11.1 Å². The number of fused-ring (bicyclic) bond motifs is 1. The summed E-state index contributed by atoms with van der Waals surface area (Å²) < 4.78 is 12.3. The fourth-order valence-corrected chi connectivity index (χ4v) is 3.77. The molecule has 0 aliphatic carbocycles. The molecule has 0 bridgehead atoms. The maximum Gasteiger partial charge on any atom is 0.410 e. The first-order valence-electron chi connectivity index (χ1n) is 10.4. The predicted octanol–water partition coefficient (Wildman–Crippen LogP) is 2.14. The van der Waals surface area contributed by atoms with Crippen molar-refractivity contribution in [3.05, 3.63) is 18.0 Å². The third kappa shape index (κ3) is 4.31. The van der Waals surface area contributed by atoms with Crippen LogP contribution in [0.25, 0.3) is 22.6 Å². The van der Waals surface area contributed by atoms with Gasteiger partial charge in [-0.05, 0) is 38.0 Å². The second kappa shape index (κ2) is 8.14. The number of hydrogen-bond donors (Lipinski definition) is 1. The average Bonchev–Trinajstić information content (AvgIpc) is 3.30. The van der Waals surface area contributed by atoms with Crippen molar-refractivity contribution in [3.63, 3.8) is 0 Å². The van der Waals surface area contributed by atoms with Gasteiger partial charge in [0.1, 0.15) is 11.1 Å². The van der Waals surface area contributed by atoms with Crippen molar-refractivity contribution in [2.45, 2.75) is 46.4 Å². The van der Waals surface area contributed by atoms with Crippen molar-refractivity contribution in [1.82, 2.24) is 34.6 Å². The highest BCUT2D eigenvalue weighted by molar-refractivity contribution is 5.83. The summed E-state index contributed by atoms with van der Waals surface area (Å²) in [7, 11) is 0. The number of pyridine rings is 1. The SMILES string of the molecule is CCn1c(-c2nonc2N)nc2cncc(CN3CCN(C(=O)OC(C)(C)C)CC3)c21. The number of imidazole rings is 1. The van der Waals surface area contributed by atoms with Gasteiger partial charge >= 0.3 is 6.09 Å². The smallest absolute Gasteiger partial charge is 0.410 e.